The van der Waals surface area contributed by atoms with Crippen LogP contribution in [-0.4, -0.2) is 17.0 Å². The number of hydrogen-bond acceptors (Lipinski definition) is 4. The first kappa shape index (κ1) is 18.9. The minimum Gasteiger partial charge on any atom is -0.489 e. The molecule has 3 N–H and O–H groups in total. The number of primary amides is 1. The van der Waals surface area contributed by atoms with Crippen LogP contribution in [0.1, 0.15) is 31.2 Å². The second-order valence-electron chi connectivity index (χ2n) is 6.82. The van der Waals surface area contributed by atoms with Gasteiger partial charge in [0.15, 0.2) is 0 Å². The quantitative estimate of drug-likeness (QED) is 0.604. The van der Waals surface area contributed by atoms with Gasteiger partial charge in [0.2, 0.25) is 5.91 Å². The minimum atomic E-state index is -0.574. The third-order valence-corrected chi connectivity index (χ3v) is 4.99. The summed E-state index contributed by atoms with van der Waals surface area (Å²) in [5.74, 6) is -1.43. The lowest BCUT2D eigenvalue weighted by atomic mass is 9.78. The topological polar surface area (TPSA) is 92.9 Å². The highest BCUT2D eigenvalue weighted by Crippen LogP contribution is 2.32. The molecular weight excluding hydrogens is 344 g/mol. The molecule has 0 aromatic heterocycles. The normalized spacial score (nSPS) is 19.3. The molecule has 1 aliphatic carbocycles. The number of nitrogens with zero attached hydrogens (tertiary/aromatic N) is 1. The lowest BCUT2D eigenvalue weighted by molar-refractivity contribution is -0.136. The van der Waals surface area contributed by atoms with Crippen LogP contribution in [0, 0.1) is 11.8 Å². The van der Waals surface area contributed by atoms with Gasteiger partial charge in [0.1, 0.15) is 12.4 Å². The van der Waals surface area contributed by atoms with E-state index < -0.39 is 23.7 Å². The average molecular weight is 368 g/mol. The molecule has 6 nitrogen and oxygen atoms in total. The van der Waals surface area contributed by atoms with Gasteiger partial charge >= 0.3 is 0 Å². The summed E-state index contributed by atoms with van der Waals surface area (Å²) >= 11 is 0. The molecule has 2 unspecified atom stereocenters. The molecule has 6 heteroatoms. The number of ether oxygens (including phenoxy) is 1. The number of rotatable bonds is 6. The summed E-state index contributed by atoms with van der Waals surface area (Å²) in [5.41, 5.74) is 6.81. The van der Waals surface area contributed by atoms with Crippen molar-refractivity contribution >= 4 is 17.5 Å². The van der Waals surface area contributed by atoms with Crippen LogP contribution in [0.5, 0.6) is 5.75 Å². The van der Waals surface area contributed by atoms with Crippen molar-refractivity contribution in [1.29, 1.82) is 0 Å². The highest BCUT2D eigenvalue weighted by Gasteiger charge is 2.37. The molecule has 142 valence electrons. The number of carbonyl (C=O) groups is 2. The second-order valence-corrected chi connectivity index (χ2v) is 6.82. The second kappa shape index (κ2) is 8.68. The summed E-state index contributed by atoms with van der Waals surface area (Å²) in [5, 5.41) is 10.9. The Hall–Kier alpha value is -2.86. The van der Waals surface area contributed by atoms with Crippen LogP contribution >= 0.6 is 0 Å². The maximum absolute atomic E-state index is 12.6. The predicted molar refractivity (Wildman–Crippen MR) is 101 cm³/mol. The van der Waals surface area contributed by atoms with Gasteiger partial charge in [-0.1, -0.05) is 43.2 Å². The largest absolute Gasteiger partial charge is 0.489 e. The van der Waals surface area contributed by atoms with Gasteiger partial charge < -0.3 is 10.5 Å². The van der Waals surface area contributed by atoms with Crippen molar-refractivity contribution in [1.82, 2.24) is 0 Å². The molecule has 1 saturated carbocycles. The van der Waals surface area contributed by atoms with E-state index in [2.05, 4.69) is 0 Å². The van der Waals surface area contributed by atoms with E-state index in [0.29, 0.717) is 35.9 Å². The molecule has 0 aliphatic heterocycles. The fourth-order valence-corrected chi connectivity index (χ4v) is 3.48. The molecule has 1 fully saturated rings. The Bertz CT molecular complexity index is 777. The maximum Gasteiger partial charge on any atom is 0.254 e. The summed E-state index contributed by atoms with van der Waals surface area (Å²) in [4.78, 5) is 24.3. The Morgan fingerprint density at radius 2 is 1.63 bits per heavy atom. The van der Waals surface area contributed by atoms with Crippen molar-refractivity contribution in [3.63, 3.8) is 0 Å². The van der Waals surface area contributed by atoms with Crippen LogP contribution in [0.2, 0.25) is 0 Å². The number of hydrogen-bond donors (Lipinski definition) is 2. The molecule has 1 aliphatic rings. The number of benzene rings is 2. The molecule has 27 heavy (non-hydrogen) atoms. The van der Waals surface area contributed by atoms with Gasteiger partial charge in [0.25, 0.3) is 5.91 Å². The van der Waals surface area contributed by atoms with Gasteiger partial charge in [-0.2, -0.15) is 5.06 Å². The third kappa shape index (κ3) is 4.65. The summed E-state index contributed by atoms with van der Waals surface area (Å²) in [6.07, 6.45) is 2.87. The highest BCUT2D eigenvalue weighted by atomic mass is 16.5. The summed E-state index contributed by atoms with van der Waals surface area (Å²) in [6, 6.07) is 16.4. The van der Waals surface area contributed by atoms with Gasteiger partial charge in [0, 0.05) is 5.92 Å². The van der Waals surface area contributed by atoms with E-state index in [4.69, 9.17) is 10.5 Å². The number of hydroxylamine groups is 1. The predicted octanol–water partition coefficient (Wildman–Crippen LogP) is 3.28. The Morgan fingerprint density at radius 1 is 1.00 bits per heavy atom. The Morgan fingerprint density at radius 3 is 2.26 bits per heavy atom. The van der Waals surface area contributed by atoms with Crippen LogP contribution in [0.15, 0.2) is 54.6 Å². The zero-order valence-corrected chi connectivity index (χ0v) is 15.1. The van der Waals surface area contributed by atoms with E-state index in [-0.39, 0.29) is 0 Å². The SMILES string of the molecule is NC(=O)C1CCCCC1C(=O)N(O)c1ccc(OCc2ccccc2)cc1. The van der Waals surface area contributed by atoms with Crippen molar-refractivity contribution in [2.24, 2.45) is 17.6 Å². The van der Waals surface area contributed by atoms with Crippen LogP contribution in [0.25, 0.3) is 0 Å². The van der Waals surface area contributed by atoms with Gasteiger partial charge in [0.05, 0.1) is 11.6 Å². The van der Waals surface area contributed by atoms with Crippen molar-refractivity contribution in [2.75, 3.05) is 5.06 Å². The van der Waals surface area contributed by atoms with Gasteiger partial charge in [-0.05, 0) is 42.7 Å². The molecule has 0 saturated heterocycles. The number of anilines is 1. The molecule has 0 spiro atoms. The minimum absolute atomic E-state index is 0.334. The van der Waals surface area contributed by atoms with E-state index in [1.807, 2.05) is 30.3 Å². The van der Waals surface area contributed by atoms with E-state index in [9.17, 15) is 14.8 Å². The van der Waals surface area contributed by atoms with Gasteiger partial charge in [-0.25, -0.2) is 0 Å². The maximum atomic E-state index is 12.6. The lowest BCUT2D eigenvalue weighted by Crippen LogP contribution is -2.43. The number of carbonyl (C=O) groups excluding carboxylic acids is 2. The lowest BCUT2D eigenvalue weighted by Gasteiger charge is -2.30. The van der Waals surface area contributed by atoms with Crippen LogP contribution in [0.3, 0.4) is 0 Å². The zero-order valence-electron chi connectivity index (χ0n) is 15.1. The molecule has 0 radical (unpaired) electrons. The molecule has 0 bridgehead atoms. The summed E-state index contributed by atoms with van der Waals surface area (Å²) in [7, 11) is 0. The molecular formula is C21H24N2O4. The van der Waals surface area contributed by atoms with E-state index in [1.165, 1.54) is 0 Å². The fourth-order valence-electron chi connectivity index (χ4n) is 3.48. The monoisotopic (exact) mass is 368 g/mol. The number of amides is 2. The summed E-state index contributed by atoms with van der Waals surface area (Å²) < 4.78 is 5.71. The van der Waals surface area contributed by atoms with Crippen molar-refractivity contribution in [2.45, 2.75) is 32.3 Å². The van der Waals surface area contributed by atoms with Crippen molar-refractivity contribution < 1.29 is 19.5 Å². The average Bonchev–Trinajstić information content (AvgIpc) is 2.72. The molecule has 2 atom stereocenters. The molecule has 3 rings (SSSR count). The fraction of sp³-hybridized carbons (Fsp3) is 0.333. The van der Waals surface area contributed by atoms with E-state index in [0.717, 1.165) is 18.4 Å². The van der Waals surface area contributed by atoms with Crippen molar-refractivity contribution in [3.8, 4) is 5.75 Å². The first-order valence-electron chi connectivity index (χ1n) is 9.15. The van der Waals surface area contributed by atoms with Crippen LogP contribution in [0.4, 0.5) is 5.69 Å². The van der Waals surface area contributed by atoms with Gasteiger partial charge in [-0.15, -0.1) is 0 Å². The van der Waals surface area contributed by atoms with Crippen molar-refractivity contribution in [3.05, 3.63) is 60.2 Å². The highest BCUT2D eigenvalue weighted by molar-refractivity contribution is 5.96. The third-order valence-electron chi connectivity index (χ3n) is 4.99. The molecule has 0 heterocycles. The first-order valence-corrected chi connectivity index (χ1v) is 9.15. The van der Waals surface area contributed by atoms with E-state index in [1.54, 1.807) is 24.3 Å². The number of nitrogens with two attached hydrogens (primary N) is 1. The standard InChI is InChI=1S/C21H24N2O4/c22-20(24)18-8-4-5-9-19(18)21(25)23(26)16-10-12-17(13-11-16)27-14-15-6-2-1-3-7-15/h1-3,6-7,10-13,18-19,26H,4-5,8-9,14H2,(H2,22,24). The Balaban J connectivity index is 1.63. The molecule has 2 amide bonds. The Kier molecular flexibility index (Phi) is 6.08. The first-order chi connectivity index (χ1) is 13.1. The smallest absolute Gasteiger partial charge is 0.254 e. The van der Waals surface area contributed by atoms with Crippen LogP contribution in [-0.2, 0) is 16.2 Å². The molecule has 2 aromatic rings. The molecule has 2 aromatic carbocycles. The van der Waals surface area contributed by atoms with E-state index >= 15 is 0 Å². The van der Waals surface area contributed by atoms with Crippen LogP contribution < -0.4 is 15.5 Å². The Labute approximate surface area is 158 Å². The van der Waals surface area contributed by atoms with Gasteiger partial charge in [-0.3, -0.25) is 14.8 Å². The summed E-state index contributed by atoms with van der Waals surface area (Å²) in [6.45, 7) is 0.435. The zero-order chi connectivity index (χ0) is 19.2.